The van der Waals surface area contributed by atoms with Crippen molar-refractivity contribution >= 4 is 27.9 Å². The number of hydrogen-bond acceptors (Lipinski definition) is 8. The van der Waals surface area contributed by atoms with Crippen molar-refractivity contribution in [2.45, 2.75) is 38.2 Å². The van der Waals surface area contributed by atoms with Gasteiger partial charge in [0.25, 0.3) is 5.92 Å². The number of terminal acetylenes is 1. The fraction of sp³-hybridized carbons (Fsp3) is 0.469. The lowest BCUT2D eigenvalue weighted by Gasteiger charge is -2.24. The Hall–Kier alpha value is -4.08. The van der Waals surface area contributed by atoms with Crippen LogP contribution in [0.4, 0.5) is 19.1 Å². The number of aromatic hydroxyl groups is 1. The summed E-state index contributed by atoms with van der Waals surface area (Å²) in [5.41, 5.74) is 1.49. The number of likely N-dealkylation sites (tertiary alicyclic amines) is 1. The summed E-state index contributed by atoms with van der Waals surface area (Å²) in [7, 11) is 0. The third kappa shape index (κ3) is 5.62. The normalized spacial score (nSPS) is 19.7. The number of ether oxygens (including phenoxy) is 2. The van der Waals surface area contributed by atoms with Gasteiger partial charge >= 0.3 is 0 Å². The van der Waals surface area contributed by atoms with Crippen LogP contribution in [0.2, 0.25) is 0 Å². The topological polar surface area (TPSA) is 88.8 Å². The zero-order chi connectivity index (χ0) is 30.5. The Labute approximate surface area is 252 Å². The van der Waals surface area contributed by atoms with E-state index in [2.05, 4.69) is 10.9 Å². The van der Waals surface area contributed by atoms with Gasteiger partial charge in [0.15, 0.2) is 11.2 Å². The molecule has 0 unspecified atom stereocenters. The maximum atomic E-state index is 14.7. The number of imidazole rings is 1. The van der Waals surface area contributed by atoms with Crippen LogP contribution in [-0.2, 0) is 11.3 Å². The van der Waals surface area contributed by atoms with Crippen LogP contribution in [0.5, 0.6) is 11.6 Å². The summed E-state index contributed by atoms with van der Waals surface area (Å²) in [6.07, 6.45) is 9.81. The minimum Gasteiger partial charge on any atom is -0.508 e. The smallest absolute Gasteiger partial charge is 0.261 e. The number of aromatic nitrogens is 4. The van der Waals surface area contributed by atoms with Gasteiger partial charge in [0.05, 0.1) is 38.2 Å². The Morgan fingerprint density at radius 2 is 1.95 bits per heavy atom. The molecule has 0 radical (unpaired) electrons. The molecule has 44 heavy (non-hydrogen) atoms. The molecule has 12 heteroatoms. The van der Waals surface area contributed by atoms with E-state index < -0.39 is 11.7 Å². The molecule has 1 aliphatic carbocycles. The second-order valence-electron chi connectivity index (χ2n) is 12.2. The van der Waals surface area contributed by atoms with Crippen LogP contribution in [0.15, 0.2) is 30.6 Å². The Morgan fingerprint density at radius 1 is 1.09 bits per heavy atom. The minimum atomic E-state index is -2.64. The molecule has 7 rings (SSSR count). The lowest BCUT2D eigenvalue weighted by Crippen LogP contribution is -2.33. The third-order valence-electron chi connectivity index (χ3n) is 8.82. The molecule has 3 fully saturated rings. The molecule has 0 amide bonds. The number of phenols is 1. The summed E-state index contributed by atoms with van der Waals surface area (Å²) in [4.78, 5) is 18.2. The zero-order valence-corrected chi connectivity index (χ0v) is 24.2. The number of rotatable bonds is 8. The molecule has 2 aliphatic heterocycles. The second-order valence-corrected chi connectivity index (χ2v) is 12.2. The van der Waals surface area contributed by atoms with Crippen LogP contribution in [0.3, 0.4) is 0 Å². The van der Waals surface area contributed by atoms with E-state index in [1.165, 1.54) is 6.07 Å². The number of phenolic OH excluding ortho intramolecular Hbond substituents is 1. The molecule has 2 saturated heterocycles. The monoisotopic (exact) mass is 606 g/mol. The van der Waals surface area contributed by atoms with Crippen molar-refractivity contribution in [2.75, 3.05) is 57.4 Å². The average Bonchev–Trinajstić information content (AvgIpc) is 3.62. The van der Waals surface area contributed by atoms with Crippen molar-refractivity contribution in [1.82, 2.24) is 24.4 Å². The number of benzene rings is 2. The Morgan fingerprint density at radius 3 is 2.73 bits per heavy atom. The Balaban J connectivity index is 1.24. The summed E-state index contributed by atoms with van der Waals surface area (Å²) >= 11 is 0. The average molecular weight is 607 g/mol. The predicted octanol–water partition coefficient (Wildman–Crippen LogP) is 4.58. The number of fused-ring (bicyclic) bond motifs is 2. The molecule has 0 bridgehead atoms. The van der Waals surface area contributed by atoms with Crippen molar-refractivity contribution in [2.24, 2.45) is 5.41 Å². The molecule has 0 spiro atoms. The standard InChI is InChI=1S/C32H33F3N6O3/c1-2-24-25(33)5-4-21-14-23(42)15-22(26(21)24)16-41-20-36-27-28(41)37-30(40-9-3-12-43-13-11-40)38-29(27)44-19-31(6-7-31)17-39-10-8-32(34,35)18-39/h1,4-5,14-15,20,42H,3,6-13,16-19H2. The van der Waals surface area contributed by atoms with Gasteiger partial charge < -0.3 is 24.0 Å². The van der Waals surface area contributed by atoms with Gasteiger partial charge in [-0.05, 0) is 48.4 Å². The van der Waals surface area contributed by atoms with Gasteiger partial charge in [-0.15, -0.1) is 6.42 Å². The first-order valence-electron chi connectivity index (χ1n) is 14.9. The summed E-state index contributed by atoms with van der Waals surface area (Å²) < 4.78 is 56.2. The fourth-order valence-corrected chi connectivity index (χ4v) is 6.33. The molecule has 2 aromatic carbocycles. The zero-order valence-electron chi connectivity index (χ0n) is 24.2. The molecular weight excluding hydrogens is 573 g/mol. The Bertz CT molecular complexity index is 1760. The predicted molar refractivity (Wildman–Crippen MR) is 159 cm³/mol. The van der Waals surface area contributed by atoms with Gasteiger partial charge in [-0.3, -0.25) is 4.90 Å². The van der Waals surface area contributed by atoms with E-state index in [0.717, 1.165) is 19.3 Å². The first kappa shape index (κ1) is 28.7. The van der Waals surface area contributed by atoms with Gasteiger partial charge in [-0.2, -0.15) is 9.97 Å². The SMILES string of the molecule is C#Cc1c(F)ccc2cc(O)cc(Cn3cnc4c(OCC5(CN6CCC(F)(F)C6)CC5)nc(N5CCCOCC5)nc43)c12. The molecule has 2 aromatic heterocycles. The van der Waals surface area contributed by atoms with Crippen molar-refractivity contribution in [3.8, 4) is 24.0 Å². The van der Waals surface area contributed by atoms with E-state index in [0.29, 0.717) is 85.3 Å². The number of halogens is 3. The summed E-state index contributed by atoms with van der Waals surface area (Å²) in [6.45, 7) is 3.75. The molecular formula is C32H33F3N6O3. The van der Waals surface area contributed by atoms with E-state index in [1.807, 2.05) is 9.80 Å². The molecule has 230 valence electrons. The number of anilines is 1. The number of hydrogen-bond donors (Lipinski definition) is 1. The summed E-state index contributed by atoms with van der Waals surface area (Å²) in [5.74, 6) is 0.128. The Kier molecular flexibility index (Phi) is 7.25. The van der Waals surface area contributed by atoms with E-state index in [1.54, 1.807) is 29.1 Å². The van der Waals surface area contributed by atoms with E-state index >= 15 is 0 Å². The lowest BCUT2D eigenvalue weighted by atomic mass is 9.98. The van der Waals surface area contributed by atoms with Gasteiger partial charge in [0, 0.05) is 50.0 Å². The van der Waals surface area contributed by atoms with Crippen LogP contribution in [0.25, 0.3) is 21.9 Å². The van der Waals surface area contributed by atoms with Crippen molar-refractivity contribution in [3.05, 3.63) is 47.5 Å². The van der Waals surface area contributed by atoms with Crippen molar-refractivity contribution < 1.29 is 27.8 Å². The molecule has 1 N–H and O–H groups in total. The van der Waals surface area contributed by atoms with Gasteiger partial charge in [-0.1, -0.05) is 12.0 Å². The molecule has 9 nitrogen and oxygen atoms in total. The summed E-state index contributed by atoms with van der Waals surface area (Å²) in [6, 6.07) is 6.00. The van der Waals surface area contributed by atoms with Gasteiger partial charge in [0.2, 0.25) is 11.8 Å². The molecule has 1 saturated carbocycles. The first-order chi connectivity index (χ1) is 21.2. The largest absolute Gasteiger partial charge is 0.508 e. The highest BCUT2D eigenvalue weighted by Gasteiger charge is 2.48. The lowest BCUT2D eigenvalue weighted by molar-refractivity contribution is 0.00938. The molecule has 3 aliphatic rings. The van der Waals surface area contributed by atoms with E-state index in [9.17, 15) is 18.3 Å². The quantitative estimate of drug-likeness (QED) is 0.292. The number of nitrogens with zero attached hydrogens (tertiary/aromatic N) is 6. The van der Waals surface area contributed by atoms with Gasteiger partial charge in [0.1, 0.15) is 11.6 Å². The highest BCUT2D eigenvalue weighted by molar-refractivity contribution is 5.92. The van der Waals surface area contributed by atoms with Crippen LogP contribution in [-0.4, -0.2) is 88.0 Å². The highest BCUT2D eigenvalue weighted by Crippen LogP contribution is 2.48. The molecule has 4 heterocycles. The van der Waals surface area contributed by atoms with Crippen LogP contribution >= 0.6 is 0 Å². The molecule has 0 atom stereocenters. The maximum absolute atomic E-state index is 14.7. The minimum absolute atomic E-state index is 0.0286. The van der Waals surface area contributed by atoms with Crippen molar-refractivity contribution in [1.29, 1.82) is 0 Å². The van der Waals surface area contributed by atoms with Crippen LogP contribution < -0.4 is 9.64 Å². The maximum Gasteiger partial charge on any atom is 0.261 e. The fourth-order valence-electron chi connectivity index (χ4n) is 6.33. The van der Waals surface area contributed by atoms with E-state index in [-0.39, 0.29) is 36.2 Å². The summed E-state index contributed by atoms with van der Waals surface area (Å²) in [5, 5.41) is 11.6. The molecule has 4 aromatic rings. The van der Waals surface area contributed by atoms with Crippen molar-refractivity contribution in [3.63, 3.8) is 0 Å². The first-order valence-corrected chi connectivity index (χ1v) is 14.9. The second kappa shape index (κ2) is 11.1. The van der Waals surface area contributed by atoms with Gasteiger partial charge in [-0.25, -0.2) is 18.2 Å². The highest BCUT2D eigenvalue weighted by atomic mass is 19.3. The number of alkyl halides is 2. The van der Waals surface area contributed by atoms with E-state index in [4.69, 9.17) is 25.9 Å². The van der Waals surface area contributed by atoms with Crippen LogP contribution in [0.1, 0.15) is 36.8 Å². The van der Waals surface area contributed by atoms with Crippen LogP contribution in [0, 0.1) is 23.6 Å². The third-order valence-corrected chi connectivity index (χ3v) is 8.82.